The summed E-state index contributed by atoms with van der Waals surface area (Å²) in [4.78, 5) is 16.2. The highest BCUT2D eigenvalue weighted by atomic mass is 32.2. The van der Waals surface area contributed by atoms with E-state index in [1.54, 1.807) is 11.8 Å². The van der Waals surface area contributed by atoms with Gasteiger partial charge in [-0.05, 0) is 56.8 Å². The molecule has 1 aromatic carbocycles. The summed E-state index contributed by atoms with van der Waals surface area (Å²) in [6.45, 7) is 7.33. The number of benzene rings is 1. The molecule has 2 saturated heterocycles. The van der Waals surface area contributed by atoms with E-state index >= 15 is 0 Å². The molecule has 138 valence electrons. The molecule has 2 aliphatic rings. The van der Waals surface area contributed by atoms with Crippen LogP contribution in [0.1, 0.15) is 43.0 Å². The number of amides is 1. The number of hydrogen-bond donors (Lipinski definition) is 1. The van der Waals surface area contributed by atoms with E-state index in [4.69, 9.17) is 4.74 Å². The maximum atomic E-state index is 12.6. The molecule has 0 bridgehead atoms. The topological polar surface area (TPSA) is 41.6 Å². The van der Waals surface area contributed by atoms with Gasteiger partial charge in [0.05, 0.1) is 11.7 Å². The van der Waals surface area contributed by atoms with Crippen LogP contribution < -0.4 is 5.32 Å². The largest absolute Gasteiger partial charge is 0.377 e. The predicted molar refractivity (Wildman–Crippen MR) is 103 cm³/mol. The van der Waals surface area contributed by atoms with Crippen LogP contribution in [-0.2, 0) is 4.74 Å². The van der Waals surface area contributed by atoms with Crippen LogP contribution in [-0.4, -0.2) is 55.4 Å². The number of thioether (sulfide) groups is 1. The van der Waals surface area contributed by atoms with Crippen molar-refractivity contribution in [1.82, 2.24) is 10.2 Å². The average Bonchev–Trinajstić information content (AvgIpc) is 3.32. The molecule has 0 spiro atoms. The highest BCUT2D eigenvalue weighted by molar-refractivity contribution is 7.99. The first-order valence-electron chi connectivity index (χ1n) is 9.56. The van der Waals surface area contributed by atoms with Gasteiger partial charge in [-0.1, -0.05) is 19.1 Å². The van der Waals surface area contributed by atoms with Gasteiger partial charge in [-0.15, -0.1) is 11.8 Å². The number of nitrogens with one attached hydrogen (secondary N) is 1. The molecule has 4 nitrogen and oxygen atoms in total. The van der Waals surface area contributed by atoms with Crippen molar-refractivity contribution >= 4 is 17.7 Å². The fraction of sp³-hybridized carbons (Fsp3) is 0.650. The zero-order chi connectivity index (χ0) is 17.5. The minimum Gasteiger partial charge on any atom is -0.377 e. The third-order valence-corrected chi connectivity index (χ3v) is 6.17. The molecule has 1 aromatic rings. The first-order chi connectivity index (χ1) is 12.2. The highest BCUT2D eigenvalue weighted by Crippen LogP contribution is 2.26. The molecule has 1 amide bonds. The lowest BCUT2D eigenvalue weighted by molar-refractivity contribution is 0.0942. The normalized spacial score (nSPS) is 22.2. The monoisotopic (exact) mass is 362 g/mol. The quantitative estimate of drug-likeness (QED) is 0.720. The Labute approximate surface area is 155 Å². The van der Waals surface area contributed by atoms with Gasteiger partial charge >= 0.3 is 0 Å². The maximum absolute atomic E-state index is 12.6. The van der Waals surface area contributed by atoms with Crippen LogP contribution in [0.15, 0.2) is 29.2 Å². The van der Waals surface area contributed by atoms with Crippen LogP contribution in [0.4, 0.5) is 0 Å². The molecule has 0 radical (unpaired) electrons. The van der Waals surface area contributed by atoms with Crippen molar-refractivity contribution in [2.24, 2.45) is 5.92 Å². The molecule has 2 unspecified atom stereocenters. The van der Waals surface area contributed by atoms with Crippen LogP contribution >= 0.6 is 11.8 Å². The van der Waals surface area contributed by atoms with Gasteiger partial charge in [-0.25, -0.2) is 0 Å². The molecular weight excluding hydrogens is 332 g/mol. The van der Waals surface area contributed by atoms with Crippen LogP contribution in [0.25, 0.3) is 0 Å². The molecule has 2 aliphatic heterocycles. The molecule has 5 heteroatoms. The fourth-order valence-corrected chi connectivity index (χ4v) is 4.69. The minimum absolute atomic E-state index is 0.0451. The Balaban J connectivity index is 1.48. The first kappa shape index (κ1) is 18.7. The number of likely N-dealkylation sites (tertiary alicyclic amines) is 1. The van der Waals surface area contributed by atoms with Crippen molar-refractivity contribution in [1.29, 1.82) is 0 Å². The molecule has 0 aliphatic carbocycles. The Morgan fingerprint density at radius 2 is 2.12 bits per heavy atom. The van der Waals surface area contributed by atoms with Crippen LogP contribution in [0.3, 0.4) is 0 Å². The van der Waals surface area contributed by atoms with Crippen molar-refractivity contribution in [3.63, 3.8) is 0 Å². The smallest absolute Gasteiger partial charge is 0.252 e. The van der Waals surface area contributed by atoms with Crippen molar-refractivity contribution in [3.8, 4) is 0 Å². The number of carbonyl (C=O) groups is 1. The summed E-state index contributed by atoms with van der Waals surface area (Å²) in [5.74, 6) is 1.45. The molecular formula is C20H30N2O2S. The Morgan fingerprint density at radius 3 is 2.88 bits per heavy atom. The zero-order valence-electron chi connectivity index (χ0n) is 15.2. The number of carbonyl (C=O) groups excluding carboxylic acids is 1. The molecule has 0 saturated carbocycles. The summed E-state index contributed by atoms with van der Waals surface area (Å²) in [7, 11) is 0. The van der Waals surface area contributed by atoms with E-state index in [2.05, 4.69) is 17.1 Å². The van der Waals surface area contributed by atoms with E-state index in [1.165, 1.54) is 25.9 Å². The van der Waals surface area contributed by atoms with Crippen LogP contribution in [0.2, 0.25) is 0 Å². The van der Waals surface area contributed by atoms with Gasteiger partial charge in [-0.2, -0.15) is 0 Å². The van der Waals surface area contributed by atoms with Crippen LogP contribution in [0.5, 0.6) is 0 Å². The van der Waals surface area contributed by atoms with E-state index in [0.717, 1.165) is 48.7 Å². The number of ether oxygens (including phenoxy) is 1. The average molecular weight is 363 g/mol. The lowest BCUT2D eigenvalue weighted by Crippen LogP contribution is -2.34. The second kappa shape index (κ2) is 9.60. The molecule has 2 fully saturated rings. The molecule has 25 heavy (non-hydrogen) atoms. The Hall–Kier alpha value is -1.04. The highest BCUT2D eigenvalue weighted by Gasteiger charge is 2.19. The SMILES string of the molecule is CC(CNC(=O)c1ccccc1SCC1CCCO1)CN1CCCC1. The Morgan fingerprint density at radius 1 is 1.32 bits per heavy atom. The van der Waals surface area contributed by atoms with Gasteiger partial charge in [-0.3, -0.25) is 4.79 Å². The number of nitrogens with zero attached hydrogens (tertiary/aromatic N) is 1. The van der Waals surface area contributed by atoms with E-state index in [1.807, 2.05) is 24.3 Å². The predicted octanol–water partition coefficient (Wildman–Crippen LogP) is 3.42. The molecule has 2 heterocycles. The van der Waals surface area contributed by atoms with Gasteiger partial charge < -0.3 is 15.0 Å². The first-order valence-corrected chi connectivity index (χ1v) is 10.5. The summed E-state index contributed by atoms with van der Waals surface area (Å²) >= 11 is 1.74. The van der Waals surface area contributed by atoms with Gasteiger partial charge in [0, 0.05) is 30.3 Å². The number of rotatable bonds is 8. The second-order valence-electron chi connectivity index (χ2n) is 7.27. The molecule has 2 atom stereocenters. The Kier molecular flexibility index (Phi) is 7.20. The summed E-state index contributed by atoms with van der Waals surface area (Å²) in [5, 5.41) is 3.13. The van der Waals surface area contributed by atoms with E-state index in [0.29, 0.717) is 12.0 Å². The summed E-state index contributed by atoms with van der Waals surface area (Å²) in [5.41, 5.74) is 0.791. The lowest BCUT2D eigenvalue weighted by atomic mass is 10.1. The standard InChI is InChI=1S/C20H30N2O2S/c1-16(14-22-10-4-5-11-22)13-21-20(23)18-8-2-3-9-19(18)25-15-17-7-6-12-24-17/h2-3,8-9,16-17H,4-7,10-15H2,1H3,(H,21,23). The minimum atomic E-state index is 0.0451. The third kappa shape index (κ3) is 5.73. The van der Waals surface area contributed by atoms with Gasteiger partial charge in [0.1, 0.15) is 0 Å². The zero-order valence-corrected chi connectivity index (χ0v) is 16.0. The molecule has 1 N–H and O–H groups in total. The van der Waals surface area contributed by atoms with Crippen molar-refractivity contribution in [2.75, 3.05) is 38.5 Å². The summed E-state index contributed by atoms with van der Waals surface area (Å²) < 4.78 is 5.69. The lowest BCUT2D eigenvalue weighted by Gasteiger charge is -2.20. The summed E-state index contributed by atoms with van der Waals surface area (Å²) in [6.07, 6.45) is 5.25. The van der Waals surface area contributed by atoms with Gasteiger partial charge in [0.2, 0.25) is 0 Å². The van der Waals surface area contributed by atoms with Gasteiger partial charge in [0.15, 0.2) is 0 Å². The summed E-state index contributed by atoms with van der Waals surface area (Å²) in [6, 6.07) is 7.92. The Bertz CT molecular complexity index is 554. The van der Waals surface area contributed by atoms with Crippen molar-refractivity contribution in [2.45, 2.75) is 43.6 Å². The van der Waals surface area contributed by atoms with Crippen molar-refractivity contribution in [3.05, 3.63) is 29.8 Å². The molecule has 3 rings (SSSR count). The molecule has 0 aromatic heterocycles. The van der Waals surface area contributed by atoms with E-state index < -0.39 is 0 Å². The van der Waals surface area contributed by atoms with Crippen LogP contribution in [0, 0.1) is 5.92 Å². The number of hydrogen-bond acceptors (Lipinski definition) is 4. The van der Waals surface area contributed by atoms with Gasteiger partial charge in [0.25, 0.3) is 5.91 Å². The second-order valence-corrected chi connectivity index (χ2v) is 8.33. The third-order valence-electron chi connectivity index (χ3n) is 4.96. The van der Waals surface area contributed by atoms with E-state index in [-0.39, 0.29) is 5.91 Å². The van der Waals surface area contributed by atoms with E-state index in [9.17, 15) is 4.79 Å². The van der Waals surface area contributed by atoms with Crippen molar-refractivity contribution < 1.29 is 9.53 Å². The fourth-order valence-electron chi connectivity index (χ4n) is 3.57. The maximum Gasteiger partial charge on any atom is 0.252 e.